The Morgan fingerprint density at radius 2 is 1.88 bits per heavy atom. The van der Waals surface area contributed by atoms with E-state index in [1.807, 2.05) is 12.1 Å². The molecule has 0 bridgehead atoms. The van der Waals surface area contributed by atoms with Gasteiger partial charge in [-0.2, -0.15) is 0 Å². The third-order valence-corrected chi connectivity index (χ3v) is 3.55. The summed E-state index contributed by atoms with van der Waals surface area (Å²) in [5, 5.41) is 1.20. The number of benzene rings is 1. The highest BCUT2D eigenvalue weighted by Crippen LogP contribution is 2.24. The molecule has 0 fully saturated rings. The van der Waals surface area contributed by atoms with E-state index in [0.29, 0.717) is 0 Å². The molecule has 0 radical (unpaired) electrons. The number of aryl methyl sites for hydroxylation is 1. The molecule has 0 N–H and O–H groups in total. The summed E-state index contributed by atoms with van der Waals surface area (Å²) in [5.74, 6) is 1.12. The van der Waals surface area contributed by atoms with Crippen LogP contribution in [0.5, 0.6) is 0 Å². The molecule has 0 aliphatic rings. The van der Waals surface area contributed by atoms with Gasteiger partial charge in [0, 0.05) is 16.3 Å². The first-order valence-corrected chi connectivity index (χ1v) is 7.27. The molecule has 0 spiro atoms. The molecule has 2 heteroatoms. The lowest BCUT2D eigenvalue weighted by molar-refractivity contribution is 0.524. The van der Waals surface area contributed by atoms with Gasteiger partial charge in [-0.3, -0.25) is 0 Å². The van der Waals surface area contributed by atoms with Crippen molar-refractivity contribution < 1.29 is 4.42 Å². The number of hydrogen-bond donors (Lipinski definition) is 0. The first kappa shape index (κ1) is 12.7. The zero-order chi connectivity index (χ0) is 12.1. The number of hydrogen-bond acceptors (Lipinski definition) is 1. The van der Waals surface area contributed by atoms with Crippen molar-refractivity contribution in [2.45, 2.75) is 45.4 Å². The molecule has 0 unspecified atom stereocenters. The molecule has 2 rings (SSSR count). The quantitative estimate of drug-likeness (QED) is 0.622. The highest BCUT2D eigenvalue weighted by molar-refractivity contribution is 9.10. The van der Waals surface area contributed by atoms with Gasteiger partial charge in [-0.05, 0) is 30.7 Å². The minimum atomic E-state index is 0.997. The van der Waals surface area contributed by atoms with E-state index < -0.39 is 0 Å². The standard InChI is InChI=1S/C15H19BrO/c1-2-3-4-5-6-7-14-11-12-10-13(16)8-9-15(12)17-14/h8-11H,2-7H2,1H3. The van der Waals surface area contributed by atoms with Gasteiger partial charge in [0.2, 0.25) is 0 Å². The Morgan fingerprint density at radius 1 is 1.06 bits per heavy atom. The van der Waals surface area contributed by atoms with Crippen LogP contribution in [0.4, 0.5) is 0 Å². The number of rotatable bonds is 6. The first-order valence-electron chi connectivity index (χ1n) is 6.47. The Balaban J connectivity index is 1.91. The summed E-state index contributed by atoms with van der Waals surface area (Å²) in [4.78, 5) is 0. The van der Waals surface area contributed by atoms with Gasteiger partial charge in [0.25, 0.3) is 0 Å². The summed E-state index contributed by atoms with van der Waals surface area (Å²) in [6.45, 7) is 2.25. The molecule has 92 valence electrons. The Morgan fingerprint density at radius 3 is 2.71 bits per heavy atom. The lowest BCUT2D eigenvalue weighted by Crippen LogP contribution is -1.82. The van der Waals surface area contributed by atoms with E-state index in [4.69, 9.17) is 4.42 Å². The molecular weight excluding hydrogens is 276 g/mol. The van der Waals surface area contributed by atoms with Crippen molar-refractivity contribution >= 4 is 26.9 Å². The maximum absolute atomic E-state index is 5.81. The van der Waals surface area contributed by atoms with E-state index in [9.17, 15) is 0 Å². The third-order valence-electron chi connectivity index (χ3n) is 3.06. The monoisotopic (exact) mass is 294 g/mol. The second-order valence-corrected chi connectivity index (χ2v) is 5.47. The van der Waals surface area contributed by atoms with Crippen LogP contribution in [0.15, 0.2) is 33.2 Å². The van der Waals surface area contributed by atoms with Crippen molar-refractivity contribution in [1.82, 2.24) is 0 Å². The van der Waals surface area contributed by atoms with E-state index in [-0.39, 0.29) is 0 Å². The van der Waals surface area contributed by atoms with Crippen molar-refractivity contribution in [2.75, 3.05) is 0 Å². The average Bonchev–Trinajstić information content (AvgIpc) is 2.70. The van der Waals surface area contributed by atoms with Crippen LogP contribution in [-0.4, -0.2) is 0 Å². The molecule has 2 aromatic rings. The smallest absolute Gasteiger partial charge is 0.134 e. The third kappa shape index (κ3) is 3.60. The summed E-state index contributed by atoms with van der Waals surface area (Å²) >= 11 is 3.48. The van der Waals surface area contributed by atoms with E-state index in [1.54, 1.807) is 0 Å². The number of unbranched alkanes of at least 4 members (excludes halogenated alkanes) is 4. The average molecular weight is 295 g/mol. The number of fused-ring (bicyclic) bond motifs is 1. The maximum atomic E-state index is 5.81. The molecule has 0 atom stereocenters. The van der Waals surface area contributed by atoms with Crippen LogP contribution in [-0.2, 0) is 6.42 Å². The van der Waals surface area contributed by atoms with Gasteiger partial charge in [-0.25, -0.2) is 0 Å². The normalized spacial score (nSPS) is 11.2. The largest absolute Gasteiger partial charge is 0.461 e. The van der Waals surface area contributed by atoms with Gasteiger partial charge in [0.15, 0.2) is 0 Å². The van der Waals surface area contributed by atoms with Crippen molar-refractivity contribution in [3.63, 3.8) is 0 Å². The number of furan rings is 1. The lowest BCUT2D eigenvalue weighted by Gasteiger charge is -1.97. The van der Waals surface area contributed by atoms with Gasteiger partial charge >= 0.3 is 0 Å². The minimum absolute atomic E-state index is 0.997. The molecule has 1 nitrogen and oxygen atoms in total. The molecule has 0 amide bonds. The predicted molar refractivity (Wildman–Crippen MR) is 76.4 cm³/mol. The fourth-order valence-electron chi connectivity index (χ4n) is 2.10. The molecular formula is C15H19BrO. The fourth-order valence-corrected chi connectivity index (χ4v) is 2.47. The molecule has 1 heterocycles. The summed E-state index contributed by atoms with van der Waals surface area (Å²) in [7, 11) is 0. The lowest BCUT2D eigenvalue weighted by atomic mass is 10.1. The Kier molecular flexibility index (Phi) is 4.66. The van der Waals surface area contributed by atoms with Crippen LogP contribution in [0.2, 0.25) is 0 Å². The van der Waals surface area contributed by atoms with Crippen molar-refractivity contribution in [3.8, 4) is 0 Å². The van der Waals surface area contributed by atoms with Crippen molar-refractivity contribution in [1.29, 1.82) is 0 Å². The maximum Gasteiger partial charge on any atom is 0.134 e. The molecule has 0 aliphatic heterocycles. The van der Waals surface area contributed by atoms with Gasteiger partial charge < -0.3 is 4.42 Å². The van der Waals surface area contributed by atoms with Crippen LogP contribution in [0, 0.1) is 0 Å². The van der Waals surface area contributed by atoms with Crippen LogP contribution in [0.3, 0.4) is 0 Å². The SMILES string of the molecule is CCCCCCCc1cc2cc(Br)ccc2o1. The summed E-state index contributed by atoms with van der Waals surface area (Å²) in [6, 6.07) is 8.33. The zero-order valence-corrected chi connectivity index (χ0v) is 11.9. The Labute approximate surface area is 111 Å². The van der Waals surface area contributed by atoms with Crippen LogP contribution in [0.1, 0.15) is 44.8 Å². The molecule has 0 saturated carbocycles. The molecule has 1 aromatic heterocycles. The second-order valence-electron chi connectivity index (χ2n) is 4.56. The van der Waals surface area contributed by atoms with Gasteiger partial charge in [0.1, 0.15) is 11.3 Å². The zero-order valence-electron chi connectivity index (χ0n) is 10.3. The molecule has 0 saturated heterocycles. The predicted octanol–water partition coefficient (Wildman–Crippen LogP) is 5.71. The Bertz CT molecular complexity index is 473. The minimum Gasteiger partial charge on any atom is -0.461 e. The van der Waals surface area contributed by atoms with Gasteiger partial charge in [-0.1, -0.05) is 48.5 Å². The van der Waals surface area contributed by atoms with Crippen molar-refractivity contribution in [2.24, 2.45) is 0 Å². The fraction of sp³-hybridized carbons (Fsp3) is 0.467. The van der Waals surface area contributed by atoms with Crippen LogP contribution < -0.4 is 0 Å². The van der Waals surface area contributed by atoms with E-state index in [2.05, 4.69) is 35.0 Å². The van der Waals surface area contributed by atoms with Crippen molar-refractivity contribution in [3.05, 3.63) is 34.5 Å². The number of halogens is 1. The van der Waals surface area contributed by atoms with Gasteiger partial charge in [-0.15, -0.1) is 0 Å². The second kappa shape index (κ2) is 6.25. The molecule has 1 aromatic carbocycles. The van der Waals surface area contributed by atoms with E-state index >= 15 is 0 Å². The van der Waals surface area contributed by atoms with Crippen LogP contribution in [0.25, 0.3) is 11.0 Å². The van der Waals surface area contributed by atoms with Crippen LogP contribution >= 0.6 is 15.9 Å². The Hall–Kier alpha value is -0.760. The highest BCUT2D eigenvalue weighted by atomic mass is 79.9. The summed E-state index contributed by atoms with van der Waals surface area (Å²) in [5.41, 5.74) is 0.997. The summed E-state index contributed by atoms with van der Waals surface area (Å²) < 4.78 is 6.92. The highest BCUT2D eigenvalue weighted by Gasteiger charge is 2.03. The molecule has 0 aliphatic carbocycles. The summed E-state index contributed by atoms with van der Waals surface area (Å²) in [6.07, 6.45) is 7.62. The van der Waals surface area contributed by atoms with E-state index in [1.165, 1.54) is 37.5 Å². The topological polar surface area (TPSA) is 13.1 Å². The molecule has 17 heavy (non-hydrogen) atoms. The van der Waals surface area contributed by atoms with Gasteiger partial charge in [0.05, 0.1) is 0 Å². The van der Waals surface area contributed by atoms with E-state index in [0.717, 1.165) is 22.2 Å². The first-order chi connectivity index (χ1) is 8.29.